The van der Waals surface area contributed by atoms with Gasteiger partial charge in [0, 0.05) is 0 Å². The van der Waals surface area contributed by atoms with E-state index in [4.69, 9.17) is 0 Å². The van der Waals surface area contributed by atoms with Crippen molar-refractivity contribution in [2.24, 2.45) is 9.98 Å². The lowest BCUT2D eigenvalue weighted by Gasteiger charge is -2.08. The third kappa shape index (κ3) is 1.05. The number of nitrogens with zero attached hydrogens (tertiary/aromatic N) is 2. The molecule has 0 saturated carbocycles. The van der Waals surface area contributed by atoms with Crippen molar-refractivity contribution in [1.82, 2.24) is 5.32 Å². The minimum Gasteiger partial charge on any atom is -0.346 e. The second-order valence-corrected chi connectivity index (χ2v) is 1.72. The molecule has 3 nitrogen and oxygen atoms in total. The summed E-state index contributed by atoms with van der Waals surface area (Å²) in [5, 5.41) is 2.81. The van der Waals surface area contributed by atoms with Crippen LogP contribution in [0.2, 0.25) is 0 Å². The number of amidine groups is 1. The maximum atomic E-state index is 4.06. The first kappa shape index (κ1) is 5.28. The largest absolute Gasteiger partial charge is 0.346 e. The highest BCUT2D eigenvalue weighted by molar-refractivity contribution is 5.88. The predicted octanol–water partition coefficient (Wildman–Crippen LogP) is 0.259. The highest BCUT2D eigenvalue weighted by atomic mass is 15.2. The van der Waals surface area contributed by atoms with Gasteiger partial charge in [-0.3, -0.25) is 0 Å². The molecule has 0 bridgehead atoms. The molecule has 0 amide bonds. The molecule has 1 rings (SSSR count). The summed E-state index contributed by atoms with van der Waals surface area (Å²) >= 11 is 0. The molecule has 0 aliphatic carbocycles. The Morgan fingerprint density at radius 3 is 2.88 bits per heavy atom. The van der Waals surface area contributed by atoms with E-state index >= 15 is 0 Å². The van der Waals surface area contributed by atoms with Crippen LogP contribution < -0.4 is 5.32 Å². The lowest BCUT2D eigenvalue weighted by Crippen LogP contribution is -2.26. The summed E-state index contributed by atoms with van der Waals surface area (Å²) in [5.74, 6) is 0.788. The van der Waals surface area contributed by atoms with E-state index in [1.54, 1.807) is 0 Å². The van der Waals surface area contributed by atoms with Gasteiger partial charge in [-0.05, 0) is 13.8 Å². The molecular formula is C5H8N3. The Labute approximate surface area is 48.5 Å². The molecule has 1 unspecified atom stereocenters. The van der Waals surface area contributed by atoms with Gasteiger partial charge in [0.1, 0.15) is 12.0 Å². The van der Waals surface area contributed by atoms with Crippen molar-refractivity contribution in [1.29, 1.82) is 0 Å². The van der Waals surface area contributed by atoms with E-state index in [0.29, 0.717) is 0 Å². The average Bonchev–Trinajstić information content (AvgIpc) is 1.64. The quantitative estimate of drug-likeness (QED) is 0.477. The average molecular weight is 110 g/mol. The summed E-state index contributed by atoms with van der Waals surface area (Å²) in [6.45, 7) is 3.80. The molecule has 43 valence electrons. The Hall–Kier alpha value is -0.860. The van der Waals surface area contributed by atoms with Crippen molar-refractivity contribution in [2.45, 2.75) is 20.0 Å². The van der Waals surface area contributed by atoms with Crippen molar-refractivity contribution in [3.05, 3.63) is 0 Å². The van der Waals surface area contributed by atoms with Crippen LogP contribution in [-0.2, 0) is 0 Å². The predicted molar refractivity (Wildman–Crippen MR) is 33.1 cm³/mol. The zero-order chi connectivity index (χ0) is 5.98. The van der Waals surface area contributed by atoms with Crippen molar-refractivity contribution < 1.29 is 0 Å². The van der Waals surface area contributed by atoms with Gasteiger partial charge in [0.05, 0.1) is 0 Å². The molecule has 1 atom stereocenters. The lowest BCUT2D eigenvalue weighted by molar-refractivity contribution is 0.699. The second kappa shape index (κ2) is 1.94. The molecule has 0 saturated heterocycles. The van der Waals surface area contributed by atoms with Gasteiger partial charge in [-0.25, -0.2) is 9.98 Å². The molecule has 0 spiro atoms. The van der Waals surface area contributed by atoms with Crippen LogP contribution in [0.15, 0.2) is 9.98 Å². The van der Waals surface area contributed by atoms with Gasteiger partial charge in [0.15, 0.2) is 6.34 Å². The summed E-state index contributed by atoms with van der Waals surface area (Å²) in [4.78, 5) is 7.83. The van der Waals surface area contributed by atoms with Crippen LogP contribution in [0.25, 0.3) is 0 Å². The zero-order valence-electron chi connectivity index (χ0n) is 4.97. The van der Waals surface area contributed by atoms with Crippen LogP contribution >= 0.6 is 0 Å². The molecule has 0 aromatic rings. The number of rotatable bonds is 0. The van der Waals surface area contributed by atoms with Crippen LogP contribution in [0.1, 0.15) is 13.8 Å². The number of nitrogens with one attached hydrogen (secondary N) is 1. The number of aliphatic imine (C=N–C) groups is 2. The van der Waals surface area contributed by atoms with Gasteiger partial charge in [0.25, 0.3) is 0 Å². The monoisotopic (exact) mass is 110 g/mol. The molecule has 0 fully saturated rings. The third-order valence-electron chi connectivity index (χ3n) is 0.872. The zero-order valence-corrected chi connectivity index (χ0v) is 4.97. The van der Waals surface area contributed by atoms with E-state index in [-0.39, 0.29) is 6.17 Å². The van der Waals surface area contributed by atoms with Crippen LogP contribution in [0, 0.1) is 0 Å². The molecule has 0 aromatic heterocycles. The molecular weight excluding hydrogens is 102 g/mol. The Bertz CT molecular complexity index is 137. The maximum absolute atomic E-state index is 4.06. The van der Waals surface area contributed by atoms with E-state index in [1.807, 2.05) is 13.8 Å². The van der Waals surface area contributed by atoms with Gasteiger partial charge >= 0.3 is 0 Å². The summed E-state index contributed by atoms with van der Waals surface area (Å²) in [6.07, 6.45) is 2.77. The van der Waals surface area contributed by atoms with Gasteiger partial charge in [-0.2, -0.15) is 0 Å². The Morgan fingerprint density at radius 1 is 1.75 bits per heavy atom. The summed E-state index contributed by atoms with van der Waals surface area (Å²) in [5.41, 5.74) is 0. The second-order valence-electron chi connectivity index (χ2n) is 1.72. The van der Waals surface area contributed by atoms with E-state index < -0.39 is 0 Å². The Kier molecular flexibility index (Phi) is 1.28. The lowest BCUT2D eigenvalue weighted by atomic mass is 10.5. The minimum atomic E-state index is 0.146. The van der Waals surface area contributed by atoms with Crippen LogP contribution in [0.4, 0.5) is 0 Å². The first-order valence-corrected chi connectivity index (χ1v) is 2.55. The molecule has 1 heterocycles. The standard InChI is InChI=1S/C5H8N3/c1-4-6-3-7-5(2)8-4/h4H,1-2H3,(H,6,7,8). The van der Waals surface area contributed by atoms with Crippen molar-refractivity contribution in [2.75, 3.05) is 0 Å². The van der Waals surface area contributed by atoms with Crippen LogP contribution in [0.5, 0.6) is 0 Å². The molecule has 1 N–H and O–H groups in total. The summed E-state index contributed by atoms with van der Waals surface area (Å²) in [6, 6.07) is 0. The van der Waals surface area contributed by atoms with Crippen LogP contribution in [-0.4, -0.2) is 18.3 Å². The fraction of sp³-hybridized carbons (Fsp3) is 0.600. The first-order chi connectivity index (χ1) is 3.79. The molecule has 1 aliphatic heterocycles. The highest BCUT2D eigenvalue weighted by Gasteiger charge is 1.99. The van der Waals surface area contributed by atoms with E-state index in [0.717, 1.165) is 5.84 Å². The summed E-state index contributed by atoms with van der Waals surface area (Å²) in [7, 11) is 0. The Morgan fingerprint density at radius 2 is 2.50 bits per heavy atom. The van der Waals surface area contributed by atoms with E-state index in [2.05, 4.69) is 21.6 Å². The molecule has 3 heteroatoms. The molecule has 0 aromatic carbocycles. The SMILES string of the molecule is CC1=NC(C)N[C]=N1. The molecule has 8 heavy (non-hydrogen) atoms. The van der Waals surface area contributed by atoms with Gasteiger partial charge in [0.2, 0.25) is 0 Å². The molecule has 1 aliphatic rings. The Balaban J connectivity index is 2.63. The fourth-order valence-electron chi connectivity index (χ4n) is 0.548. The smallest absolute Gasteiger partial charge is 0.172 e. The normalized spacial score (nSPS) is 26.8. The van der Waals surface area contributed by atoms with Crippen molar-refractivity contribution in [3.63, 3.8) is 0 Å². The van der Waals surface area contributed by atoms with Gasteiger partial charge in [-0.1, -0.05) is 0 Å². The maximum Gasteiger partial charge on any atom is 0.172 e. The summed E-state index contributed by atoms with van der Waals surface area (Å²) < 4.78 is 0. The van der Waals surface area contributed by atoms with Crippen LogP contribution in [0.3, 0.4) is 0 Å². The highest BCUT2D eigenvalue weighted by Crippen LogP contribution is 1.89. The fourth-order valence-corrected chi connectivity index (χ4v) is 0.548. The van der Waals surface area contributed by atoms with Crippen molar-refractivity contribution >= 4 is 12.2 Å². The van der Waals surface area contributed by atoms with Gasteiger partial charge < -0.3 is 5.32 Å². The third-order valence-corrected chi connectivity index (χ3v) is 0.872. The number of hydrogen-bond donors (Lipinski definition) is 1. The van der Waals surface area contributed by atoms with E-state index in [1.165, 1.54) is 0 Å². The van der Waals surface area contributed by atoms with E-state index in [9.17, 15) is 0 Å². The minimum absolute atomic E-state index is 0.146. The molecule has 1 radical (unpaired) electrons. The topological polar surface area (TPSA) is 36.8 Å². The van der Waals surface area contributed by atoms with Crippen molar-refractivity contribution in [3.8, 4) is 0 Å². The first-order valence-electron chi connectivity index (χ1n) is 2.55. The van der Waals surface area contributed by atoms with Gasteiger partial charge in [-0.15, -0.1) is 0 Å². The number of hydrogen-bond acceptors (Lipinski definition) is 3.